The van der Waals surface area contributed by atoms with Crippen molar-refractivity contribution in [1.29, 1.82) is 0 Å². The maximum atomic E-state index is 4.58. The van der Waals surface area contributed by atoms with Crippen molar-refractivity contribution in [3.8, 4) is 0 Å². The molecule has 0 radical (unpaired) electrons. The van der Waals surface area contributed by atoms with Gasteiger partial charge in [-0.2, -0.15) is 10.2 Å². The van der Waals surface area contributed by atoms with Gasteiger partial charge >= 0.3 is 0 Å². The summed E-state index contributed by atoms with van der Waals surface area (Å²) in [6, 6.07) is 20.4. The lowest BCUT2D eigenvalue weighted by molar-refractivity contribution is 0.674. The third kappa shape index (κ3) is 3.76. The van der Waals surface area contributed by atoms with Crippen LogP contribution in [0.2, 0.25) is 0 Å². The molecule has 0 spiro atoms. The minimum absolute atomic E-state index is 0.0811. The monoisotopic (exact) mass is 274 g/mol. The Kier molecular flexibility index (Phi) is 4.37. The first kappa shape index (κ1) is 13.5. The molecule has 0 aliphatic heterocycles. The molecule has 1 unspecified atom stereocenters. The number of hydrogen-bond donors (Lipinski definition) is 0. The van der Waals surface area contributed by atoms with E-state index in [4.69, 9.17) is 0 Å². The van der Waals surface area contributed by atoms with Crippen LogP contribution >= 0.6 is 0 Å². The Balaban J connectivity index is 1.80. The summed E-state index contributed by atoms with van der Waals surface area (Å²) in [5.74, 6) is 0. The molecular weight excluding hydrogens is 256 g/mol. The molecule has 2 heteroatoms. The van der Waals surface area contributed by atoms with Crippen molar-refractivity contribution < 1.29 is 0 Å². The van der Waals surface area contributed by atoms with E-state index in [1.165, 1.54) is 11.1 Å². The van der Waals surface area contributed by atoms with Crippen LogP contribution in [0.5, 0.6) is 0 Å². The molecule has 2 aromatic carbocycles. The van der Waals surface area contributed by atoms with Crippen LogP contribution in [-0.2, 0) is 0 Å². The van der Waals surface area contributed by atoms with Crippen LogP contribution in [0.1, 0.15) is 24.4 Å². The molecule has 104 valence electrons. The summed E-state index contributed by atoms with van der Waals surface area (Å²) in [7, 11) is 0. The smallest absolute Gasteiger partial charge is 0.0999 e. The van der Waals surface area contributed by atoms with Crippen molar-refractivity contribution in [2.24, 2.45) is 10.2 Å². The molecule has 21 heavy (non-hydrogen) atoms. The van der Waals surface area contributed by atoms with Crippen molar-refractivity contribution in [3.05, 3.63) is 90.0 Å². The maximum Gasteiger partial charge on any atom is 0.0999 e. The first-order valence-corrected chi connectivity index (χ1v) is 7.27. The molecule has 3 rings (SSSR count). The molecule has 0 heterocycles. The molecule has 2 nitrogen and oxygen atoms in total. The predicted molar refractivity (Wildman–Crippen MR) is 86.6 cm³/mol. The van der Waals surface area contributed by atoms with Gasteiger partial charge in [0.05, 0.1) is 11.7 Å². The number of azo groups is 1. The lowest BCUT2D eigenvalue weighted by Gasteiger charge is -2.12. The summed E-state index contributed by atoms with van der Waals surface area (Å²) in [6.45, 7) is 0. The predicted octanol–water partition coefficient (Wildman–Crippen LogP) is 5.79. The summed E-state index contributed by atoms with van der Waals surface area (Å²) in [4.78, 5) is 0. The van der Waals surface area contributed by atoms with E-state index in [9.17, 15) is 0 Å². The number of hydrogen-bond acceptors (Lipinski definition) is 2. The minimum atomic E-state index is 0.0811. The molecular formula is C19H18N2. The van der Waals surface area contributed by atoms with Crippen molar-refractivity contribution in [2.45, 2.75) is 18.9 Å². The topological polar surface area (TPSA) is 24.7 Å². The molecule has 0 fully saturated rings. The highest BCUT2D eigenvalue weighted by Gasteiger charge is 2.13. The Hall–Kier alpha value is -2.48. The second kappa shape index (κ2) is 6.80. The van der Waals surface area contributed by atoms with Gasteiger partial charge in [-0.15, -0.1) is 0 Å². The molecule has 0 aromatic heterocycles. The molecule has 0 bridgehead atoms. The van der Waals surface area contributed by atoms with Gasteiger partial charge in [0.2, 0.25) is 0 Å². The van der Waals surface area contributed by atoms with E-state index in [2.05, 4.69) is 52.7 Å². The van der Waals surface area contributed by atoms with Crippen LogP contribution in [0, 0.1) is 0 Å². The van der Waals surface area contributed by atoms with Crippen LogP contribution < -0.4 is 0 Å². The lowest BCUT2D eigenvalue weighted by Crippen LogP contribution is -1.96. The molecule has 0 amide bonds. The Morgan fingerprint density at radius 3 is 2.29 bits per heavy atom. The summed E-state index contributed by atoms with van der Waals surface area (Å²) in [6.07, 6.45) is 8.45. The van der Waals surface area contributed by atoms with Crippen LogP contribution in [0.3, 0.4) is 0 Å². The third-order valence-electron chi connectivity index (χ3n) is 3.56. The Bertz CT molecular complexity index is 654. The normalized spacial score (nSPS) is 15.3. The summed E-state index contributed by atoms with van der Waals surface area (Å²) in [5.41, 5.74) is 3.53. The Morgan fingerprint density at radius 1 is 0.905 bits per heavy atom. The molecule has 1 aliphatic rings. The van der Waals surface area contributed by atoms with Crippen LogP contribution in [0.4, 0.5) is 5.69 Å². The van der Waals surface area contributed by atoms with Crippen LogP contribution in [0.15, 0.2) is 94.7 Å². The standard InChI is InChI=1S/C19H18N2/c1-3-11-17(12-4-1)19(15-16-9-7-8-10-16)21-20-18-13-5-2-6-14-18/h1-9,11-14,19H,10,15H2. The highest BCUT2D eigenvalue weighted by atomic mass is 15.1. The van der Waals surface area contributed by atoms with Gasteiger partial charge < -0.3 is 0 Å². The van der Waals surface area contributed by atoms with E-state index in [1.807, 2.05) is 36.4 Å². The van der Waals surface area contributed by atoms with E-state index in [-0.39, 0.29) is 6.04 Å². The quantitative estimate of drug-likeness (QED) is 0.617. The maximum absolute atomic E-state index is 4.58. The van der Waals surface area contributed by atoms with Gasteiger partial charge in [-0.05, 0) is 30.5 Å². The van der Waals surface area contributed by atoms with Gasteiger partial charge in [-0.3, -0.25) is 0 Å². The van der Waals surface area contributed by atoms with Gasteiger partial charge in [0.25, 0.3) is 0 Å². The second-order valence-corrected chi connectivity index (χ2v) is 5.14. The number of rotatable bonds is 5. The SMILES string of the molecule is C1=CCC(CC(N=Nc2ccccc2)c2ccccc2)=C1. The molecule has 0 saturated carbocycles. The van der Waals surface area contributed by atoms with Gasteiger partial charge in [-0.1, -0.05) is 72.3 Å². The zero-order valence-electron chi connectivity index (χ0n) is 11.9. The zero-order valence-corrected chi connectivity index (χ0v) is 11.9. The Labute approximate surface area is 125 Å². The molecule has 2 aromatic rings. The average molecular weight is 274 g/mol. The van der Waals surface area contributed by atoms with E-state index < -0.39 is 0 Å². The van der Waals surface area contributed by atoms with Gasteiger partial charge in [0.1, 0.15) is 0 Å². The highest BCUT2D eigenvalue weighted by molar-refractivity contribution is 5.35. The van der Waals surface area contributed by atoms with Crippen molar-refractivity contribution in [2.75, 3.05) is 0 Å². The largest absolute Gasteiger partial charge is 0.180 e. The van der Waals surface area contributed by atoms with Crippen molar-refractivity contribution in [1.82, 2.24) is 0 Å². The zero-order chi connectivity index (χ0) is 14.3. The second-order valence-electron chi connectivity index (χ2n) is 5.14. The average Bonchev–Trinajstić information content (AvgIpc) is 3.06. The van der Waals surface area contributed by atoms with E-state index in [0.29, 0.717) is 0 Å². The van der Waals surface area contributed by atoms with Crippen molar-refractivity contribution in [3.63, 3.8) is 0 Å². The fourth-order valence-corrected chi connectivity index (χ4v) is 2.42. The molecule has 0 saturated heterocycles. The third-order valence-corrected chi connectivity index (χ3v) is 3.56. The first-order valence-electron chi connectivity index (χ1n) is 7.27. The number of nitrogens with zero attached hydrogens (tertiary/aromatic N) is 2. The van der Waals surface area contributed by atoms with E-state index in [0.717, 1.165) is 18.5 Å². The number of allylic oxidation sites excluding steroid dienone is 3. The first-order chi connectivity index (χ1) is 10.4. The van der Waals surface area contributed by atoms with Crippen LogP contribution in [0.25, 0.3) is 0 Å². The Morgan fingerprint density at radius 2 is 1.62 bits per heavy atom. The van der Waals surface area contributed by atoms with Crippen molar-refractivity contribution >= 4 is 5.69 Å². The van der Waals surface area contributed by atoms with Gasteiger partial charge in [-0.25, -0.2) is 0 Å². The fourth-order valence-electron chi connectivity index (χ4n) is 2.42. The van der Waals surface area contributed by atoms with E-state index >= 15 is 0 Å². The summed E-state index contributed by atoms with van der Waals surface area (Å²) in [5, 5.41) is 8.99. The minimum Gasteiger partial charge on any atom is -0.180 e. The lowest BCUT2D eigenvalue weighted by atomic mass is 9.99. The molecule has 1 aliphatic carbocycles. The highest BCUT2D eigenvalue weighted by Crippen LogP contribution is 2.29. The summed E-state index contributed by atoms with van der Waals surface area (Å²) >= 11 is 0. The molecule has 1 atom stereocenters. The van der Waals surface area contributed by atoms with Gasteiger partial charge in [0.15, 0.2) is 0 Å². The molecule has 0 N–H and O–H groups in total. The summed E-state index contributed by atoms with van der Waals surface area (Å²) < 4.78 is 0. The number of benzene rings is 2. The fraction of sp³-hybridized carbons (Fsp3) is 0.158. The van der Waals surface area contributed by atoms with Crippen LogP contribution in [-0.4, -0.2) is 0 Å². The van der Waals surface area contributed by atoms with Gasteiger partial charge in [0, 0.05) is 0 Å². The van der Waals surface area contributed by atoms with E-state index in [1.54, 1.807) is 0 Å².